The van der Waals surface area contributed by atoms with Crippen LogP contribution >= 0.6 is 0 Å². The molecule has 5 nitrogen and oxygen atoms in total. The van der Waals surface area contributed by atoms with E-state index in [1.54, 1.807) is 7.05 Å². The third-order valence-corrected chi connectivity index (χ3v) is 2.90. The van der Waals surface area contributed by atoms with Gasteiger partial charge in [-0.3, -0.25) is 9.59 Å². The summed E-state index contributed by atoms with van der Waals surface area (Å²) in [7, 11) is 1.63. The Morgan fingerprint density at radius 3 is 1.77 bits per heavy atom. The van der Waals surface area contributed by atoms with E-state index in [0.717, 1.165) is 12.8 Å². The van der Waals surface area contributed by atoms with Crippen molar-refractivity contribution in [1.82, 2.24) is 5.32 Å². The van der Waals surface area contributed by atoms with Crippen LogP contribution in [0.3, 0.4) is 0 Å². The molecule has 0 spiro atoms. The molecule has 0 aliphatic carbocycles. The maximum Gasteiger partial charge on any atom is 0.323 e. The SMILES string of the molecule is CC.CNC(CC(=O)OCCC(C)C)C(=O)OCCC(C)C. The molecular formula is C17H35NO4. The van der Waals surface area contributed by atoms with Crippen LogP contribution in [0.1, 0.15) is 60.8 Å². The van der Waals surface area contributed by atoms with Crippen LogP contribution in [0, 0.1) is 11.8 Å². The molecule has 0 aromatic carbocycles. The summed E-state index contributed by atoms with van der Waals surface area (Å²) in [6.07, 6.45) is 1.66. The monoisotopic (exact) mass is 317 g/mol. The van der Waals surface area contributed by atoms with E-state index in [1.807, 2.05) is 13.8 Å². The standard InChI is InChI=1S/C15H29NO4.C2H6/c1-11(2)6-8-19-14(17)10-13(16-5)15(18)20-9-7-12(3)4;1-2/h11-13,16H,6-10H2,1-5H3;1-2H3. The van der Waals surface area contributed by atoms with Gasteiger partial charge in [-0.15, -0.1) is 0 Å². The highest BCUT2D eigenvalue weighted by atomic mass is 16.5. The fraction of sp³-hybridized carbons (Fsp3) is 0.882. The minimum atomic E-state index is -0.631. The van der Waals surface area contributed by atoms with Crippen molar-refractivity contribution in [3.63, 3.8) is 0 Å². The number of hydrogen-bond acceptors (Lipinski definition) is 5. The average molecular weight is 317 g/mol. The van der Waals surface area contributed by atoms with Crippen molar-refractivity contribution < 1.29 is 19.1 Å². The Balaban J connectivity index is 0. The zero-order valence-electron chi connectivity index (χ0n) is 15.4. The Bertz CT molecular complexity index is 290. The van der Waals surface area contributed by atoms with Gasteiger partial charge in [0.15, 0.2) is 0 Å². The lowest BCUT2D eigenvalue weighted by Gasteiger charge is -2.15. The molecule has 0 aromatic heterocycles. The number of rotatable bonds is 10. The minimum absolute atomic E-state index is 0.00903. The number of carbonyl (C=O) groups is 2. The number of nitrogens with one attached hydrogen (secondary N) is 1. The molecule has 0 rings (SSSR count). The Labute approximate surface area is 136 Å². The van der Waals surface area contributed by atoms with Crippen LogP contribution in [-0.2, 0) is 19.1 Å². The van der Waals surface area contributed by atoms with Gasteiger partial charge in [0, 0.05) is 0 Å². The van der Waals surface area contributed by atoms with Crippen LogP contribution in [-0.4, -0.2) is 38.2 Å². The zero-order valence-corrected chi connectivity index (χ0v) is 15.4. The van der Waals surface area contributed by atoms with Gasteiger partial charge in [0.1, 0.15) is 6.04 Å². The van der Waals surface area contributed by atoms with Crippen molar-refractivity contribution in [3.05, 3.63) is 0 Å². The van der Waals surface area contributed by atoms with Gasteiger partial charge in [-0.1, -0.05) is 41.5 Å². The summed E-state index contributed by atoms with van der Waals surface area (Å²) in [6.45, 7) is 13.0. The normalized spacial score (nSPS) is 11.7. The summed E-state index contributed by atoms with van der Waals surface area (Å²) >= 11 is 0. The molecule has 1 unspecified atom stereocenters. The second-order valence-corrected chi connectivity index (χ2v) is 5.80. The first-order valence-electron chi connectivity index (χ1n) is 8.36. The van der Waals surface area contributed by atoms with E-state index < -0.39 is 12.0 Å². The number of hydrogen-bond donors (Lipinski definition) is 1. The quantitative estimate of drug-likeness (QED) is 0.627. The molecule has 1 atom stereocenters. The summed E-state index contributed by atoms with van der Waals surface area (Å²) in [5.74, 6) is 0.209. The van der Waals surface area contributed by atoms with E-state index in [9.17, 15) is 9.59 Å². The van der Waals surface area contributed by atoms with Crippen molar-refractivity contribution in [2.45, 2.75) is 66.8 Å². The maximum atomic E-state index is 11.8. The number of ether oxygens (including phenoxy) is 2. The Kier molecular flexibility index (Phi) is 15.6. The van der Waals surface area contributed by atoms with E-state index in [1.165, 1.54) is 0 Å². The fourth-order valence-electron chi connectivity index (χ4n) is 1.43. The van der Waals surface area contributed by atoms with Gasteiger partial charge in [0.25, 0.3) is 0 Å². The predicted octanol–water partition coefficient (Wildman–Crippen LogP) is 3.17. The lowest BCUT2D eigenvalue weighted by atomic mass is 10.1. The molecule has 0 heterocycles. The molecule has 0 aliphatic heterocycles. The molecular weight excluding hydrogens is 282 g/mol. The molecule has 0 aliphatic rings. The summed E-state index contributed by atoms with van der Waals surface area (Å²) in [5.41, 5.74) is 0. The van der Waals surface area contributed by atoms with E-state index in [-0.39, 0.29) is 12.4 Å². The van der Waals surface area contributed by atoms with Gasteiger partial charge < -0.3 is 14.8 Å². The first-order chi connectivity index (χ1) is 10.4. The molecule has 0 saturated heterocycles. The Hall–Kier alpha value is -1.10. The molecule has 22 heavy (non-hydrogen) atoms. The lowest BCUT2D eigenvalue weighted by molar-refractivity contribution is -0.153. The molecule has 132 valence electrons. The summed E-state index contributed by atoms with van der Waals surface area (Å²) in [6, 6.07) is -0.631. The highest BCUT2D eigenvalue weighted by Gasteiger charge is 2.22. The maximum absolute atomic E-state index is 11.8. The van der Waals surface area contributed by atoms with Gasteiger partial charge >= 0.3 is 11.9 Å². The summed E-state index contributed by atoms with van der Waals surface area (Å²) < 4.78 is 10.2. The van der Waals surface area contributed by atoms with Crippen LogP contribution in [0.25, 0.3) is 0 Å². The number of likely N-dealkylation sites (N-methyl/N-ethyl adjacent to an activating group) is 1. The fourth-order valence-corrected chi connectivity index (χ4v) is 1.43. The summed E-state index contributed by atoms with van der Waals surface area (Å²) in [5, 5.41) is 2.79. The smallest absolute Gasteiger partial charge is 0.323 e. The zero-order chi connectivity index (χ0) is 17.5. The van der Waals surface area contributed by atoms with Crippen LogP contribution in [0.2, 0.25) is 0 Å². The Morgan fingerprint density at radius 2 is 1.36 bits per heavy atom. The van der Waals surface area contributed by atoms with Crippen molar-refractivity contribution >= 4 is 11.9 Å². The van der Waals surface area contributed by atoms with E-state index >= 15 is 0 Å². The van der Waals surface area contributed by atoms with Crippen LogP contribution in [0.15, 0.2) is 0 Å². The highest BCUT2D eigenvalue weighted by molar-refractivity contribution is 5.82. The van der Waals surface area contributed by atoms with E-state index in [0.29, 0.717) is 25.0 Å². The largest absolute Gasteiger partial charge is 0.466 e. The average Bonchev–Trinajstić information content (AvgIpc) is 2.45. The molecule has 1 N–H and O–H groups in total. The van der Waals surface area contributed by atoms with Gasteiger partial charge in [0.05, 0.1) is 19.6 Å². The van der Waals surface area contributed by atoms with Crippen LogP contribution in [0.5, 0.6) is 0 Å². The van der Waals surface area contributed by atoms with Gasteiger partial charge in [-0.05, 0) is 31.7 Å². The van der Waals surface area contributed by atoms with Crippen molar-refractivity contribution in [3.8, 4) is 0 Å². The third kappa shape index (κ3) is 13.9. The minimum Gasteiger partial charge on any atom is -0.466 e. The second-order valence-electron chi connectivity index (χ2n) is 5.80. The Morgan fingerprint density at radius 1 is 0.909 bits per heavy atom. The van der Waals surface area contributed by atoms with Gasteiger partial charge in [-0.25, -0.2) is 0 Å². The molecule has 0 bridgehead atoms. The highest BCUT2D eigenvalue weighted by Crippen LogP contribution is 2.04. The molecule has 0 fully saturated rings. The molecule has 0 radical (unpaired) electrons. The van der Waals surface area contributed by atoms with Crippen LogP contribution in [0.4, 0.5) is 0 Å². The van der Waals surface area contributed by atoms with Crippen molar-refractivity contribution in [1.29, 1.82) is 0 Å². The first-order valence-corrected chi connectivity index (χ1v) is 8.36. The van der Waals surface area contributed by atoms with Crippen molar-refractivity contribution in [2.75, 3.05) is 20.3 Å². The van der Waals surface area contributed by atoms with Gasteiger partial charge in [-0.2, -0.15) is 0 Å². The van der Waals surface area contributed by atoms with E-state index in [2.05, 4.69) is 33.0 Å². The first kappa shape index (κ1) is 23.2. The van der Waals surface area contributed by atoms with Crippen LogP contribution < -0.4 is 5.32 Å². The predicted molar refractivity (Wildman–Crippen MR) is 89.6 cm³/mol. The third-order valence-electron chi connectivity index (χ3n) is 2.90. The topological polar surface area (TPSA) is 64.6 Å². The molecule has 5 heteroatoms. The van der Waals surface area contributed by atoms with Crippen molar-refractivity contribution in [2.24, 2.45) is 11.8 Å². The van der Waals surface area contributed by atoms with Gasteiger partial charge in [0.2, 0.25) is 0 Å². The molecule has 0 aromatic rings. The number of carbonyl (C=O) groups excluding carboxylic acids is 2. The second kappa shape index (κ2) is 14.8. The molecule has 0 amide bonds. The van der Waals surface area contributed by atoms with E-state index in [4.69, 9.17) is 9.47 Å². The molecule has 0 saturated carbocycles. The number of esters is 2. The summed E-state index contributed by atoms with van der Waals surface area (Å²) in [4.78, 5) is 23.4. The lowest BCUT2D eigenvalue weighted by Crippen LogP contribution is -2.38.